The second-order valence-electron chi connectivity index (χ2n) is 3.58. The molecule has 1 rings (SSSR count). The molecular weight excluding hydrogens is 194 g/mol. The Morgan fingerprint density at radius 3 is 2.53 bits per heavy atom. The summed E-state index contributed by atoms with van der Waals surface area (Å²) in [7, 11) is 1.50. The smallest absolute Gasteiger partial charge is 0.163 e. The summed E-state index contributed by atoms with van der Waals surface area (Å²) in [6.07, 6.45) is 0. The van der Waals surface area contributed by atoms with Gasteiger partial charge in [0.05, 0.1) is 19.8 Å². The van der Waals surface area contributed by atoms with Crippen LogP contribution in [-0.4, -0.2) is 23.9 Å². The van der Waals surface area contributed by atoms with Gasteiger partial charge in [-0.1, -0.05) is 6.07 Å². The van der Waals surface area contributed by atoms with E-state index in [0.717, 1.165) is 11.1 Å². The number of nitrogens with two attached hydrogens (primary N) is 1. The normalized spacial score (nSPS) is 12.6. The van der Waals surface area contributed by atoms with E-state index in [9.17, 15) is 5.11 Å². The highest BCUT2D eigenvalue weighted by Gasteiger charge is 2.17. The number of benzene rings is 1. The number of aryl methyl sites for hydroxylation is 1. The molecule has 0 aromatic heterocycles. The molecule has 15 heavy (non-hydrogen) atoms. The van der Waals surface area contributed by atoms with Crippen molar-refractivity contribution in [2.75, 3.05) is 13.7 Å². The minimum Gasteiger partial charge on any atom is -0.504 e. The van der Waals surface area contributed by atoms with Crippen molar-refractivity contribution in [1.82, 2.24) is 0 Å². The van der Waals surface area contributed by atoms with Crippen LogP contribution in [0.3, 0.4) is 0 Å². The van der Waals surface area contributed by atoms with Gasteiger partial charge in [-0.05, 0) is 25.0 Å². The Hall–Kier alpha value is -1.26. The second kappa shape index (κ2) is 4.51. The lowest BCUT2D eigenvalue weighted by atomic mass is 9.99. The molecule has 0 aliphatic rings. The van der Waals surface area contributed by atoms with Crippen molar-refractivity contribution in [2.24, 2.45) is 5.73 Å². The fraction of sp³-hybridized carbons (Fsp3) is 0.455. The molecule has 1 aromatic rings. The zero-order valence-electron chi connectivity index (χ0n) is 9.24. The SMILES string of the molecule is COc1c(C)c(C)cc([C@@H](N)CO)c1O. The summed E-state index contributed by atoms with van der Waals surface area (Å²) in [4.78, 5) is 0. The molecule has 0 spiro atoms. The topological polar surface area (TPSA) is 75.7 Å². The monoisotopic (exact) mass is 211 g/mol. The van der Waals surface area contributed by atoms with Crippen LogP contribution in [-0.2, 0) is 0 Å². The third-order valence-corrected chi connectivity index (χ3v) is 2.59. The first-order valence-corrected chi connectivity index (χ1v) is 4.76. The van der Waals surface area contributed by atoms with E-state index in [1.807, 2.05) is 13.8 Å². The first kappa shape index (κ1) is 11.8. The van der Waals surface area contributed by atoms with Gasteiger partial charge >= 0.3 is 0 Å². The van der Waals surface area contributed by atoms with Crippen molar-refractivity contribution in [3.8, 4) is 11.5 Å². The summed E-state index contributed by atoms with van der Waals surface area (Å²) in [5, 5.41) is 18.8. The quantitative estimate of drug-likeness (QED) is 0.697. The van der Waals surface area contributed by atoms with Crippen LogP contribution in [0.4, 0.5) is 0 Å². The Bertz CT molecular complexity index is 363. The summed E-state index contributed by atoms with van der Waals surface area (Å²) in [6.45, 7) is 3.56. The highest BCUT2D eigenvalue weighted by atomic mass is 16.5. The van der Waals surface area contributed by atoms with Crippen molar-refractivity contribution in [2.45, 2.75) is 19.9 Å². The highest BCUT2D eigenvalue weighted by molar-refractivity contribution is 5.54. The first-order valence-electron chi connectivity index (χ1n) is 4.76. The molecule has 4 nitrogen and oxygen atoms in total. The molecule has 0 heterocycles. The van der Waals surface area contributed by atoms with E-state index in [0.29, 0.717) is 11.3 Å². The van der Waals surface area contributed by atoms with Crippen molar-refractivity contribution >= 4 is 0 Å². The van der Waals surface area contributed by atoms with E-state index in [2.05, 4.69) is 0 Å². The molecule has 4 N–H and O–H groups in total. The van der Waals surface area contributed by atoms with Crippen LogP contribution in [0.25, 0.3) is 0 Å². The fourth-order valence-corrected chi connectivity index (χ4v) is 1.53. The molecular formula is C11H17NO3. The summed E-state index contributed by atoms with van der Waals surface area (Å²) >= 11 is 0. The number of hydrogen-bond acceptors (Lipinski definition) is 4. The van der Waals surface area contributed by atoms with Crippen LogP contribution >= 0.6 is 0 Å². The van der Waals surface area contributed by atoms with Crippen LogP contribution in [0.5, 0.6) is 11.5 Å². The molecule has 0 radical (unpaired) electrons. The lowest BCUT2D eigenvalue weighted by molar-refractivity contribution is 0.264. The second-order valence-corrected chi connectivity index (χ2v) is 3.58. The first-order chi connectivity index (χ1) is 7.02. The molecule has 1 aromatic carbocycles. The Morgan fingerprint density at radius 2 is 2.07 bits per heavy atom. The molecule has 0 saturated heterocycles. The van der Waals surface area contributed by atoms with Crippen molar-refractivity contribution < 1.29 is 14.9 Å². The van der Waals surface area contributed by atoms with Gasteiger partial charge in [0, 0.05) is 5.56 Å². The molecule has 0 bridgehead atoms. The van der Waals surface area contributed by atoms with E-state index < -0.39 is 6.04 Å². The number of phenolic OH excluding ortho intramolecular Hbond substituents is 1. The van der Waals surface area contributed by atoms with Crippen LogP contribution in [0.1, 0.15) is 22.7 Å². The van der Waals surface area contributed by atoms with Crippen molar-refractivity contribution in [3.05, 3.63) is 22.8 Å². The Balaban J connectivity index is 3.36. The molecule has 0 fully saturated rings. The average Bonchev–Trinajstić information content (AvgIpc) is 2.23. The maximum atomic E-state index is 9.88. The van der Waals surface area contributed by atoms with Gasteiger partial charge in [-0.2, -0.15) is 0 Å². The zero-order chi connectivity index (χ0) is 11.6. The minimum atomic E-state index is -0.585. The molecule has 0 saturated carbocycles. The largest absolute Gasteiger partial charge is 0.504 e. The average molecular weight is 211 g/mol. The molecule has 0 aliphatic heterocycles. The fourth-order valence-electron chi connectivity index (χ4n) is 1.53. The van der Waals surface area contributed by atoms with Gasteiger partial charge in [-0.3, -0.25) is 0 Å². The lowest BCUT2D eigenvalue weighted by Gasteiger charge is -2.17. The summed E-state index contributed by atoms with van der Waals surface area (Å²) in [5.41, 5.74) is 8.04. The molecule has 1 atom stereocenters. The van der Waals surface area contributed by atoms with Crippen LogP contribution < -0.4 is 10.5 Å². The van der Waals surface area contributed by atoms with Gasteiger partial charge < -0.3 is 20.7 Å². The number of methoxy groups -OCH3 is 1. The molecule has 84 valence electrons. The number of rotatable bonds is 3. The van der Waals surface area contributed by atoms with Gasteiger partial charge in [-0.15, -0.1) is 0 Å². The standard InChI is InChI=1S/C11H17NO3/c1-6-4-8(9(12)5-13)10(14)11(15-3)7(6)2/h4,9,13-14H,5,12H2,1-3H3/t9-/m0/s1. The van der Waals surface area contributed by atoms with Crippen LogP contribution in [0.15, 0.2) is 6.07 Å². The number of aliphatic hydroxyl groups excluding tert-OH is 1. The zero-order valence-corrected chi connectivity index (χ0v) is 9.24. The number of ether oxygens (including phenoxy) is 1. The molecule has 0 unspecified atom stereocenters. The van der Waals surface area contributed by atoms with Gasteiger partial charge in [0.15, 0.2) is 11.5 Å². The van der Waals surface area contributed by atoms with E-state index in [-0.39, 0.29) is 12.4 Å². The predicted octanol–water partition coefficient (Wildman–Crippen LogP) is 1.01. The van der Waals surface area contributed by atoms with E-state index in [4.69, 9.17) is 15.6 Å². The Labute approximate surface area is 89.3 Å². The third-order valence-electron chi connectivity index (χ3n) is 2.59. The molecule has 4 heteroatoms. The van der Waals surface area contributed by atoms with E-state index in [1.54, 1.807) is 6.07 Å². The van der Waals surface area contributed by atoms with Crippen molar-refractivity contribution in [1.29, 1.82) is 0 Å². The number of aliphatic hydroxyl groups is 1. The Morgan fingerprint density at radius 1 is 1.47 bits per heavy atom. The number of phenols is 1. The third kappa shape index (κ3) is 2.06. The minimum absolute atomic E-state index is 0.0159. The number of hydrogen-bond donors (Lipinski definition) is 3. The lowest BCUT2D eigenvalue weighted by Crippen LogP contribution is -2.15. The maximum Gasteiger partial charge on any atom is 0.163 e. The van der Waals surface area contributed by atoms with E-state index in [1.165, 1.54) is 7.11 Å². The van der Waals surface area contributed by atoms with Crippen LogP contribution in [0, 0.1) is 13.8 Å². The highest BCUT2D eigenvalue weighted by Crippen LogP contribution is 2.37. The summed E-state index contributed by atoms with van der Waals surface area (Å²) in [5.74, 6) is 0.441. The van der Waals surface area contributed by atoms with Gasteiger partial charge in [0.2, 0.25) is 0 Å². The van der Waals surface area contributed by atoms with E-state index >= 15 is 0 Å². The van der Waals surface area contributed by atoms with Crippen molar-refractivity contribution in [3.63, 3.8) is 0 Å². The summed E-state index contributed by atoms with van der Waals surface area (Å²) < 4.78 is 5.10. The van der Waals surface area contributed by atoms with Gasteiger partial charge in [-0.25, -0.2) is 0 Å². The molecule has 0 aliphatic carbocycles. The number of aromatic hydroxyl groups is 1. The summed E-state index contributed by atoms with van der Waals surface area (Å²) in [6, 6.07) is 1.19. The maximum absolute atomic E-state index is 9.88. The predicted molar refractivity (Wildman–Crippen MR) is 58.1 cm³/mol. The Kier molecular flexibility index (Phi) is 3.55. The van der Waals surface area contributed by atoms with Crippen LogP contribution in [0.2, 0.25) is 0 Å². The molecule has 0 amide bonds. The van der Waals surface area contributed by atoms with Gasteiger partial charge in [0.1, 0.15) is 0 Å². The van der Waals surface area contributed by atoms with Gasteiger partial charge in [0.25, 0.3) is 0 Å².